The Morgan fingerprint density at radius 1 is 1.20 bits per heavy atom. The molecule has 0 amide bonds. The molecule has 2 atom stereocenters. The van der Waals surface area contributed by atoms with Crippen molar-refractivity contribution in [1.29, 1.82) is 0 Å². The normalized spacial score (nSPS) is 31.4. The Hall–Kier alpha value is -0.160. The van der Waals surface area contributed by atoms with E-state index in [0.29, 0.717) is 12.0 Å². The Morgan fingerprint density at radius 3 is 2.60 bits per heavy atom. The first-order chi connectivity index (χ1) is 7.42. The van der Waals surface area contributed by atoms with Gasteiger partial charge in [0.05, 0.1) is 19.8 Å². The van der Waals surface area contributed by atoms with Crippen molar-refractivity contribution in [1.82, 2.24) is 4.90 Å². The van der Waals surface area contributed by atoms with E-state index in [1.54, 1.807) is 0 Å². The van der Waals surface area contributed by atoms with Crippen LogP contribution in [0.5, 0.6) is 0 Å². The number of nitrogens with two attached hydrogens (primary N) is 1. The highest BCUT2D eigenvalue weighted by atomic mass is 16.5. The fourth-order valence-corrected chi connectivity index (χ4v) is 2.62. The molecule has 2 heterocycles. The Balaban J connectivity index is 1.88. The molecule has 2 fully saturated rings. The summed E-state index contributed by atoms with van der Waals surface area (Å²) in [5, 5.41) is 0. The molecule has 0 saturated carbocycles. The summed E-state index contributed by atoms with van der Waals surface area (Å²) in [6, 6.07) is 0.495. The molecule has 2 aliphatic heterocycles. The van der Waals surface area contributed by atoms with Crippen molar-refractivity contribution in [2.75, 3.05) is 46.1 Å². The Labute approximate surface area is 91.7 Å². The van der Waals surface area contributed by atoms with Gasteiger partial charge in [0.1, 0.15) is 0 Å². The standard InChI is InChI=1S/C11H22N2O2/c12-8-11(10-2-1-5-15-9-10)13-3-6-14-7-4-13/h10-11H,1-9,12H2. The fourth-order valence-electron chi connectivity index (χ4n) is 2.62. The van der Waals surface area contributed by atoms with Gasteiger partial charge in [-0.3, -0.25) is 4.90 Å². The maximum Gasteiger partial charge on any atom is 0.0594 e. The number of hydrogen-bond acceptors (Lipinski definition) is 4. The summed E-state index contributed by atoms with van der Waals surface area (Å²) in [5.41, 5.74) is 5.90. The van der Waals surface area contributed by atoms with Gasteiger partial charge in [0.25, 0.3) is 0 Å². The van der Waals surface area contributed by atoms with Crippen molar-refractivity contribution in [2.24, 2.45) is 11.7 Å². The third-order valence-electron chi connectivity index (χ3n) is 3.50. The SMILES string of the molecule is NCC(C1CCCOC1)N1CCOCC1. The third kappa shape index (κ3) is 2.91. The van der Waals surface area contributed by atoms with Crippen LogP contribution in [0.4, 0.5) is 0 Å². The molecule has 0 spiro atoms. The zero-order valence-electron chi connectivity index (χ0n) is 9.36. The van der Waals surface area contributed by atoms with Crippen molar-refractivity contribution in [3.63, 3.8) is 0 Å². The minimum absolute atomic E-state index is 0.495. The van der Waals surface area contributed by atoms with Crippen molar-refractivity contribution in [3.8, 4) is 0 Å². The summed E-state index contributed by atoms with van der Waals surface area (Å²) < 4.78 is 10.9. The maximum absolute atomic E-state index is 5.90. The van der Waals surface area contributed by atoms with Crippen LogP contribution in [0.3, 0.4) is 0 Å². The van der Waals surface area contributed by atoms with Crippen LogP contribution in [0.15, 0.2) is 0 Å². The van der Waals surface area contributed by atoms with Gasteiger partial charge in [0.15, 0.2) is 0 Å². The molecule has 0 aliphatic carbocycles. The highest BCUT2D eigenvalue weighted by Gasteiger charge is 2.29. The molecule has 2 N–H and O–H groups in total. The van der Waals surface area contributed by atoms with Crippen molar-refractivity contribution in [2.45, 2.75) is 18.9 Å². The van der Waals surface area contributed by atoms with Gasteiger partial charge < -0.3 is 15.2 Å². The van der Waals surface area contributed by atoms with Crippen LogP contribution in [0.2, 0.25) is 0 Å². The second kappa shape index (κ2) is 5.80. The van der Waals surface area contributed by atoms with E-state index in [1.165, 1.54) is 12.8 Å². The molecule has 2 rings (SSSR count). The van der Waals surface area contributed by atoms with Gasteiger partial charge >= 0.3 is 0 Å². The monoisotopic (exact) mass is 214 g/mol. The van der Waals surface area contributed by atoms with Crippen LogP contribution in [0.25, 0.3) is 0 Å². The van der Waals surface area contributed by atoms with Gasteiger partial charge in [0, 0.05) is 32.3 Å². The Bertz CT molecular complexity index is 159. The van der Waals surface area contributed by atoms with Crippen LogP contribution in [0, 0.1) is 5.92 Å². The molecule has 0 aromatic carbocycles. The highest BCUT2D eigenvalue weighted by Crippen LogP contribution is 2.21. The van der Waals surface area contributed by atoms with E-state index < -0.39 is 0 Å². The molecule has 15 heavy (non-hydrogen) atoms. The lowest BCUT2D eigenvalue weighted by atomic mass is 9.92. The summed E-state index contributed by atoms with van der Waals surface area (Å²) in [4.78, 5) is 2.48. The summed E-state index contributed by atoms with van der Waals surface area (Å²) in [5.74, 6) is 0.627. The topological polar surface area (TPSA) is 47.7 Å². The van der Waals surface area contributed by atoms with E-state index in [0.717, 1.165) is 46.1 Å². The molecular weight excluding hydrogens is 192 g/mol. The van der Waals surface area contributed by atoms with Gasteiger partial charge in [-0.15, -0.1) is 0 Å². The smallest absolute Gasteiger partial charge is 0.0594 e. The largest absolute Gasteiger partial charge is 0.381 e. The second-order valence-corrected chi connectivity index (χ2v) is 4.43. The predicted molar refractivity (Wildman–Crippen MR) is 58.8 cm³/mol. The molecule has 2 saturated heterocycles. The van der Waals surface area contributed by atoms with Crippen LogP contribution in [-0.2, 0) is 9.47 Å². The van der Waals surface area contributed by atoms with Crippen molar-refractivity contribution >= 4 is 0 Å². The summed E-state index contributed by atoms with van der Waals surface area (Å²) >= 11 is 0. The van der Waals surface area contributed by atoms with Crippen molar-refractivity contribution < 1.29 is 9.47 Å². The zero-order chi connectivity index (χ0) is 10.5. The first kappa shape index (κ1) is 11.3. The summed E-state index contributed by atoms with van der Waals surface area (Å²) in [7, 11) is 0. The first-order valence-corrected chi connectivity index (χ1v) is 6.01. The van der Waals surface area contributed by atoms with Gasteiger partial charge in [0.2, 0.25) is 0 Å². The molecule has 0 aromatic heterocycles. The van der Waals surface area contributed by atoms with Crippen LogP contribution < -0.4 is 5.73 Å². The molecule has 0 bridgehead atoms. The Kier molecular flexibility index (Phi) is 4.38. The lowest BCUT2D eigenvalue weighted by molar-refractivity contribution is -0.0281. The summed E-state index contributed by atoms with van der Waals surface area (Å²) in [6.07, 6.45) is 2.45. The lowest BCUT2D eigenvalue weighted by Crippen LogP contribution is -2.52. The second-order valence-electron chi connectivity index (χ2n) is 4.43. The average molecular weight is 214 g/mol. The molecule has 4 nitrogen and oxygen atoms in total. The van der Waals surface area contributed by atoms with Gasteiger partial charge in [-0.2, -0.15) is 0 Å². The number of rotatable bonds is 3. The maximum atomic E-state index is 5.90. The van der Waals surface area contributed by atoms with E-state index in [2.05, 4.69) is 4.90 Å². The predicted octanol–water partition coefficient (Wildman–Crippen LogP) is 0.0725. The molecule has 0 aromatic rings. The average Bonchev–Trinajstić information content (AvgIpc) is 2.33. The first-order valence-electron chi connectivity index (χ1n) is 6.01. The number of hydrogen-bond donors (Lipinski definition) is 1. The van der Waals surface area contributed by atoms with E-state index in [4.69, 9.17) is 15.2 Å². The van der Waals surface area contributed by atoms with Gasteiger partial charge in [-0.25, -0.2) is 0 Å². The van der Waals surface area contributed by atoms with E-state index >= 15 is 0 Å². The lowest BCUT2D eigenvalue weighted by Gasteiger charge is -2.39. The van der Waals surface area contributed by atoms with Gasteiger partial charge in [-0.1, -0.05) is 0 Å². The molecule has 4 heteroatoms. The molecule has 0 radical (unpaired) electrons. The van der Waals surface area contributed by atoms with Crippen molar-refractivity contribution in [3.05, 3.63) is 0 Å². The van der Waals surface area contributed by atoms with E-state index in [9.17, 15) is 0 Å². The molecule has 88 valence electrons. The van der Waals surface area contributed by atoms with Crippen LogP contribution >= 0.6 is 0 Å². The highest BCUT2D eigenvalue weighted by molar-refractivity contribution is 4.83. The summed E-state index contributed by atoms with van der Waals surface area (Å²) in [6.45, 7) is 6.31. The van der Waals surface area contributed by atoms with E-state index in [-0.39, 0.29) is 0 Å². The number of nitrogens with zero attached hydrogens (tertiary/aromatic N) is 1. The fraction of sp³-hybridized carbons (Fsp3) is 1.00. The Morgan fingerprint density at radius 2 is 2.00 bits per heavy atom. The minimum Gasteiger partial charge on any atom is -0.381 e. The molecule has 2 unspecified atom stereocenters. The quantitative estimate of drug-likeness (QED) is 0.722. The van der Waals surface area contributed by atoms with E-state index in [1.807, 2.05) is 0 Å². The van der Waals surface area contributed by atoms with Crippen LogP contribution in [0.1, 0.15) is 12.8 Å². The van der Waals surface area contributed by atoms with Gasteiger partial charge in [-0.05, 0) is 18.8 Å². The number of morpholine rings is 1. The third-order valence-corrected chi connectivity index (χ3v) is 3.50. The number of ether oxygens (including phenoxy) is 2. The molecule has 2 aliphatic rings. The zero-order valence-corrected chi connectivity index (χ0v) is 9.36. The van der Waals surface area contributed by atoms with Crippen LogP contribution in [-0.4, -0.2) is 57.0 Å². The minimum atomic E-state index is 0.495. The molecular formula is C11H22N2O2.